The van der Waals surface area contributed by atoms with Crippen LogP contribution in [0.2, 0.25) is 0 Å². The Hall–Kier alpha value is -3.34. The van der Waals surface area contributed by atoms with E-state index in [1.54, 1.807) is 31.4 Å². The highest BCUT2D eigenvalue weighted by Gasteiger charge is 2.15. The Kier molecular flexibility index (Phi) is 5.17. The first-order valence-corrected chi connectivity index (χ1v) is 8.27. The molecule has 2 N–H and O–H groups in total. The molecular formula is C21H20N2O3. The Morgan fingerprint density at radius 1 is 1.12 bits per heavy atom. The lowest BCUT2D eigenvalue weighted by atomic mass is 9.97. The smallest absolute Gasteiger partial charge is 0.247 e. The van der Waals surface area contributed by atoms with E-state index in [1.165, 1.54) is 6.21 Å². The number of methoxy groups -OCH3 is 1. The third-order valence-electron chi connectivity index (χ3n) is 4.28. The zero-order chi connectivity index (χ0) is 18.5. The number of nitrogens with one attached hydrogen (secondary N) is 1. The molecule has 0 saturated carbocycles. The molecule has 5 heteroatoms. The van der Waals surface area contributed by atoms with E-state index < -0.39 is 0 Å². The molecule has 3 aromatic rings. The normalized spacial score (nSPS) is 12.2. The number of rotatable bonds is 5. The minimum Gasteiger partial charge on any atom is -0.507 e. The van der Waals surface area contributed by atoms with Gasteiger partial charge in [0.05, 0.1) is 19.2 Å². The summed E-state index contributed by atoms with van der Waals surface area (Å²) in [6.07, 6.45) is 1.42. The summed E-state index contributed by atoms with van der Waals surface area (Å²) in [6, 6.07) is 18.5. The van der Waals surface area contributed by atoms with Crippen LogP contribution < -0.4 is 10.2 Å². The van der Waals surface area contributed by atoms with Gasteiger partial charge in [-0.05, 0) is 47.5 Å². The number of aromatic hydroxyl groups is 1. The van der Waals surface area contributed by atoms with Gasteiger partial charge in [0, 0.05) is 5.56 Å². The van der Waals surface area contributed by atoms with Crippen molar-refractivity contribution in [1.82, 2.24) is 5.43 Å². The number of hydrogen-bond acceptors (Lipinski definition) is 4. The third kappa shape index (κ3) is 3.83. The molecule has 3 aromatic carbocycles. The maximum atomic E-state index is 12.3. The van der Waals surface area contributed by atoms with Crippen LogP contribution in [0.5, 0.6) is 11.5 Å². The van der Waals surface area contributed by atoms with Gasteiger partial charge in [-0.2, -0.15) is 5.10 Å². The number of ether oxygens (including phenoxy) is 1. The zero-order valence-corrected chi connectivity index (χ0v) is 14.6. The minimum atomic E-state index is -0.358. The zero-order valence-electron chi connectivity index (χ0n) is 14.6. The van der Waals surface area contributed by atoms with Crippen LogP contribution >= 0.6 is 0 Å². The molecule has 5 nitrogen and oxygen atoms in total. The van der Waals surface area contributed by atoms with Crippen LogP contribution in [0.4, 0.5) is 0 Å². The molecule has 26 heavy (non-hydrogen) atoms. The molecule has 0 aliphatic carbocycles. The molecule has 3 rings (SSSR count). The van der Waals surface area contributed by atoms with E-state index in [2.05, 4.69) is 10.5 Å². The van der Waals surface area contributed by atoms with Gasteiger partial charge in [0.15, 0.2) is 0 Å². The molecule has 0 spiro atoms. The Morgan fingerprint density at radius 2 is 1.85 bits per heavy atom. The van der Waals surface area contributed by atoms with Gasteiger partial charge in [0.25, 0.3) is 0 Å². The van der Waals surface area contributed by atoms with Gasteiger partial charge < -0.3 is 9.84 Å². The number of hydrogen-bond donors (Lipinski definition) is 2. The van der Waals surface area contributed by atoms with E-state index in [0.717, 1.165) is 22.1 Å². The summed E-state index contributed by atoms with van der Waals surface area (Å²) in [7, 11) is 1.64. The van der Waals surface area contributed by atoms with Gasteiger partial charge in [-0.3, -0.25) is 4.79 Å². The number of hydrazone groups is 1. The molecule has 0 fully saturated rings. The van der Waals surface area contributed by atoms with E-state index in [1.807, 2.05) is 43.3 Å². The van der Waals surface area contributed by atoms with E-state index in [9.17, 15) is 9.90 Å². The fourth-order valence-corrected chi connectivity index (χ4v) is 2.65. The van der Waals surface area contributed by atoms with Gasteiger partial charge in [0.1, 0.15) is 11.5 Å². The van der Waals surface area contributed by atoms with Crippen LogP contribution in [0.25, 0.3) is 10.8 Å². The van der Waals surface area contributed by atoms with E-state index in [4.69, 9.17) is 4.74 Å². The molecule has 1 atom stereocenters. The van der Waals surface area contributed by atoms with Crippen molar-refractivity contribution in [1.29, 1.82) is 0 Å². The second-order valence-electron chi connectivity index (χ2n) is 5.99. The van der Waals surface area contributed by atoms with Crippen molar-refractivity contribution in [2.45, 2.75) is 12.8 Å². The van der Waals surface area contributed by atoms with Crippen LogP contribution in [0.1, 0.15) is 24.0 Å². The number of para-hydroxylation sites is 1. The number of carbonyl (C=O) groups is 1. The predicted molar refractivity (Wildman–Crippen MR) is 103 cm³/mol. The van der Waals surface area contributed by atoms with Gasteiger partial charge in [-0.15, -0.1) is 0 Å². The lowest BCUT2D eigenvalue weighted by molar-refractivity contribution is -0.122. The number of nitrogens with zero attached hydrogens (tertiary/aromatic N) is 1. The Bertz CT molecular complexity index is 966. The number of fused-ring (bicyclic) bond motifs is 1. The fourth-order valence-electron chi connectivity index (χ4n) is 2.65. The minimum absolute atomic E-state index is 0.114. The van der Waals surface area contributed by atoms with Crippen molar-refractivity contribution in [2.24, 2.45) is 5.10 Å². The topological polar surface area (TPSA) is 70.9 Å². The summed E-state index contributed by atoms with van der Waals surface area (Å²) in [5.41, 5.74) is 3.96. The van der Waals surface area contributed by atoms with Crippen LogP contribution in [-0.4, -0.2) is 24.3 Å². The standard InChI is InChI=1S/C21H20N2O3/c1-14(21(25)23-22-13-18-5-3-4-6-20(18)24)15-7-8-17-12-19(26-2)10-9-16(17)11-15/h3-14,24H,1-2H3,(H,23,25)/b22-13-. The van der Waals surface area contributed by atoms with Crippen molar-refractivity contribution in [2.75, 3.05) is 7.11 Å². The molecule has 0 saturated heterocycles. The van der Waals surface area contributed by atoms with Crippen LogP contribution in [0.15, 0.2) is 65.8 Å². The Labute approximate surface area is 151 Å². The summed E-state index contributed by atoms with van der Waals surface area (Å²) in [5, 5.41) is 15.7. The summed E-state index contributed by atoms with van der Waals surface area (Å²) >= 11 is 0. The molecular weight excluding hydrogens is 328 g/mol. The maximum Gasteiger partial charge on any atom is 0.247 e. The Balaban J connectivity index is 1.72. The van der Waals surface area contributed by atoms with E-state index in [0.29, 0.717) is 5.56 Å². The number of benzene rings is 3. The summed E-state index contributed by atoms with van der Waals surface area (Å²) < 4.78 is 5.23. The van der Waals surface area contributed by atoms with Gasteiger partial charge in [-0.25, -0.2) is 5.43 Å². The predicted octanol–water partition coefficient (Wildman–Crippen LogP) is 3.81. The number of phenols is 1. The van der Waals surface area contributed by atoms with E-state index >= 15 is 0 Å². The molecule has 132 valence electrons. The van der Waals surface area contributed by atoms with E-state index in [-0.39, 0.29) is 17.6 Å². The van der Waals surface area contributed by atoms with Crippen LogP contribution in [0, 0.1) is 0 Å². The number of amides is 1. The van der Waals surface area contributed by atoms with Crippen molar-refractivity contribution >= 4 is 22.9 Å². The molecule has 0 aromatic heterocycles. The van der Waals surface area contributed by atoms with Crippen molar-refractivity contribution in [3.8, 4) is 11.5 Å². The molecule has 0 aliphatic heterocycles. The first-order valence-electron chi connectivity index (χ1n) is 8.27. The fraction of sp³-hybridized carbons (Fsp3) is 0.143. The van der Waals surface area contributed by atoms with Gasteiger partial charge in [0.2, 0.25) is 5.91 Å². The van der Waals surface area contributed by atoms with Crippen LogP contribution in [0.3, 0.4) is 0 Å². The number of carbonyl (C=O) groups excluding carboxylic acids is 1. The van der Waals surface area contributed by atoms with Crippen molar-refractivity contribution in [3.05, 3.63) is 71.8 Å². The summed E-state index contributed by atoms with van der Waals surface area (Å²) in [4.78, 5) is 12.3. The lowest BCUT2D eigenvalue weighted by Gasteiger charge is -2.11. The highest BCUT2D eigenvalue weighted by molar-refractivity contribution is 5.89. The molecule has 0 heterocycles. The monoisotopic (exact) mass is 348 g/mol. The first-order chi connectivity index (χ1) is 12.6. The first kappa shape index (κ1) is 17.5. The number of phenolic OH excluding ortho intramolecular Hbond substituents is 1. The molecule has 1 amide bonds. The average molecular weight is 348 g/mol. The summed E-state index contributed by atoms with van der Waals surface area (Å²) in [5.74, 6) is 0.339. The summed E-state index contributed by atoms with van der Waals surface area (Å²) in [6.45, 7) is 1.83. The highest BCUT2D eigenvalue weighted by atomic mass is 16.5. The largest absolute Gasteiger partial charge is 0.507 e. The van der Waals surface area contributed by atoms with Crippen molar-refractivity contribution < 1.29 is 14.6 Å². The van der Waals surface area contributed by atoms with Crippen LogP contribution in [-0.2, 0) is 4.79 Å². The third-order valence-corrected chi connectivity index (χ3v) is 4.28. The maximum absolute atomic E-state index is 12.3. The second-order valence-corrected chi connectivity index (χ2v) is 5.99. The average Bonchev–Trinajstić information content (AvgIpc) is 2.67. The van der Waals surface area contributed by atoms with Crippen molar-refractivity contribution in [3.63, 3.8) is 0 Å². The van der Waals surface area contributed by atoms with Gasteiger partial charge in [-0.1, -0.05) is 36.4 Å². The van der Waals surface area contributed by atoms with Gasteiger partial charge >= 0.3 is 0 Å². The quantitative estimate of drug-likeness (QED) is 0.544. The Morgan fingerprint density at radius 3 is 2.62 bits per heavy atom. The highest BCUT2D eigenvalue weighted by Crippen LogP contribution is 2.25. The molecule has 0 aliphatic rings. The molecule has 0 bridgehead atoms. The SMILES string of the molecule is COc1ccc2cc(C(C)C(=O)N/N=C\c3ccccc3O)ccc2c1. The second kappa shape index (κ2) is 7.70. The lowest BCUT2D eigenvalue weighted by Crippen LogP contribution is -2.23. The molecule has 1 unspecified atom stereocenters. The molecule has 0 radical (unpaired) electrons.